The van der Waals surface area contributed by atoms with E-state index in [0.29, 0.717) is 18.2 Å². The molecular formula is C12H22N6O. The number of aromatic nitrogens is 2. The van der Waals surface area contributed by atoms with Crippen molar-refractivity contribution >= 4 is 17.5 Å². The fourth-order valence-corrected chi connectivity index (χ4v) is 1.70. The van der Waals surface area contributed by atoms with E-state index in [4.69, 9.17) is 5.84 Å². The summed E-state index contributed by atoms with van der Waals surface area (Å²) in [5, 5.41) is 0. The molecule has 0 spiro atoms. The Balaban J connectivity index is 3.11. The number of nitrogens with one attached hydrogen (secondary N) is 1. The van der Waals surface area contributed by atoms with Crippen molar-refractivity contribution in [2.75, 3.05) is 37.5 Å². The van der Waals surface area contributed by atoms with Crippen LogP contribution in [0.15, 0.2) is 0 Å². The van der Waals surface area contributed by atoms with Gasteiger partial charge in [-0.3, -0.25) is 4.79 Å². The zero-order valence-corrected chi connectivity index (χ0v) is 12.2. The van der Waals surface area contributed by atoms with E-state index in [2.05, 4.69) is 15.4 Å². The van der Waals surface area contributed by atoms with Gasteiger partial charge in [0, 0.05) is 26.2 Å². The van der Waals surface area contributed by atoms with Crippen LogP contribution >= 0.6 is 0 Å². The number of nitrogens with two attached hydrogens (primary N) is 1. The number of nitrogen functional groups attached to an aromatic ring is 1. The van der Waals surface area contributed by atoms with Crippen LogP contribution in [0.5, 0.6) is 0 Å². The highest BCUT2D eigenvalue weighted by Gasteiger charge is 2.17. The highest BCUT2D eigenvalue weighted by atomic mass is 16.2. The van der Waals surface area contributed by atoms with E-state index in [9.17, 15) is 4.79 Å². The lowest BCUT2D eigenvalue weighted by Gasteiger charge is -2.25. The molecule has 3 N–H and O–H groups in total. The minimum absolute atomic E-state index is 0.0276. The molecule has 7 nitrogen and oxygen atoms in total. The van der Waals surface area contributed by atoms with Gasteiger partial charge in [0.1, 0.15) is 17.5 Å². The van der Waals surface area contributed by atoms with Crippen molar-refractivity contribution in [3.8, 4) is 0 Å². The summed E-state index contributed by atoms with van der Waals surface area (Å²) in [5.74, 6) is 7.40. The summed E-state index contributed by atoms with van der Waals surface area (Å²) in [7, 11) is 3.47. The molecule has 1 aromatic rings. The first-order valence-corrected chi connectivity index (χ1v) is 6.17. The molecule has 0 aliphatic carbocycles. The molecule has 0 aliphatic heterocycles. The average molecular weight is 266 g/mol. The van der Waals surface area contributed by atoms with E-state index < -0.39 is 0 Å². The van der Waals surface area contributed by atoms with Crippen LogP contribution in [0.1, 0.15) is 18.3 Å². The van der Waals surface area contributed by atoms with Crippen LogP contribution in [0.25, 0.3) is 0 Å². The summed E-state index contributed by atoms with van der Waals surface area (Å²) in [4.78, 5) is 23.9. The molecule has 0 fully saturated rings. The Morgan fingerprint density at radius 2 is 1.95 bits per heavy atom. The minimum atomic E-state index is 0.0276. The number of nitrogens with zero attached hydrogens (tertiary/aromatic N) is 4. The number of carbonyl (C=O) groups excluding carboxylic acids is 1. The van der Waals surface area contributed by atoms with E-state index in [-0.39, 0.29) is 12.5 Å². The first-order chi connectivity index (χ1) is 8.90. The molecule has 0 saturated heterocycles. The maximum absolute atomic E-state index is 11.8. The van der Waals surface area contributed by atoms with Crippen molar-refractivity contribution < 1.29 is 4.79 Å². The lowest BCUT2D eigenvalue weighted by molar-refractivity contribution is -0.127. The van der Waals surface area contributed by atoms with Crippen molar-refractivity contribution in [2.24, 2.45) is 5.84 Å². The number of likely N-dealkylation sites (N-methyl/N-ethyl adjacent to an activating group) is 2. The fraction of sp³-hybridized carbons (Fsp3) is 0.583. The second kappa shape index (κ2) is 6.33. The molecule has 1 aromatic heterocycles. The summed E-state index contributed by atoms with van der Waals surface area (Å²) >= 11 is 0. The van der Waals surface area contributed by atoms with Crippen molar-refractivity contribution in [2.45, 2.75) is 20.8 Å². The van der Waals surface area contributed by atoms with Crippen LogP contribution in [0.4, 0.5) is 11.6 Å². The Labute approximate surface area is 113 Å². The van der Waals surface area contributed by atoms with Crippen molar-refractivity contribution in [3.05, 3.63) is 11.4 Å². The predicted molar refractivity (Wildman–Crippen MR) is 75.9 cm³/mol. The Kier molecular flexibility index (Phi) is 5.05. The summed E-state index contributed by atoms with van der Waals surface area (Å²) in [6.07, 6.45) is 0. The fourth-order valence-electron chi connectivity index (χ4n) is 1.70. The van der Waals surface area contributed by atoms with E-state index in [1.54, 1.807) is 25.9 Å². The predicted octanol–water partition coefficient (Wildman–Crippen LogP) is 0.294. The molecule has 106 valence electrons. The second-order valence-corrected chi connectivity index (χ2v) is 4.51. The van der Waals surface area contributed by atoms with Gasteiger partial charge in [-0.2, -0.15) is 0 Å². The first-order valence-electron chi connectivity index (χ1n) is 6.17. The normalized spacial score (nSPS) is 10.2. The van der Waals surface area contributed by atoms with Gasteiger partial charge in [-0.1, -0.05) is 0 Å². The lowest BCUT2D eigenvalue weighted by atomic mass is 10.2. The van der Waals surface area contributed by atoms with Crippen LogP contribution < -0.4 is 16.2 Å². The molecule has 19 heavy (non-hydrogen) atoms. The van der Waals surface area contributed by atoms with Gasteiger partial charge in [0.25, 0.3) is 0 Å². The number of hydrogen-bond acceptors (Lipinski definition) is 6. The number of hydrazine groups is 1. The van der Waals surface area contributed by atoms with Crippen LogP contribution in [-0.2, 0) is 4.79 Å². The molecule has 0 saturated carbocycles. The average Bonchev–Trinajstić information content (AvgIpc) is 2.37. The molecule has 0 atom stereocenters. The Morgan fingerprint density at radius 3 is 2.42 bits per heavy atom. The third kappa shape index (κ3) is 3.54. The number of hydrogen-bond donors (Lipinski definition) is 2. The maximum Gasteiger partial charge on any atom is 0.241 e. The Bertz CT molecular complexity index is 460. The Morgan fingerprint density at radius 1 is 1.32 bits per heavy atom. The maximum atomic E-state index is 11.8. The summed E-state index contributed by atoms with van der Waals surface area (Å²) in [6.45, 7) is 6.62. The van der Waals surface area contributed by atoms with Gasteiger partial charge in [-0.05, 0) is 20.8 Å². The van der Waals surface area contributed by atoms with Crippen LogP contribution in [0, 0.1) is 13.8 Å². The monoisotopic (exact) mass is 266 g/mol. The molecule has 7 heteroatoms. The minimum Gasteiger partial charge on any atom is -0.347 e. The number of anilines is 2. The quantitative estimate of drug-likeness (QED) is 0.588. The summed E-state index contributed by atoms with van der Waals surface area (Å²) in [5.41, 5.74) is 3.39. The molecule has 1 amide bonds. The van der Waals surface area contributed by atoms with Crippen LogP contribution in [-0.4, -0.2) is 48.0 Å². The van der Waals surface area contributed by atoms with Crippen LogP contribution in [0.3, 0.4) is 0 Å². The molecule has 0 bridgehead atoms. The third-order valence-electron chi connectivity index (χ3n) is 2.87. The smallest absolute Gasteiger partial charge is 0.241 e. The zero-order valence-electron chi connectivity index (χ0n) is 12.2. The number of rotatable bonds is 5. The largest absolute Gasteiger partial charge is 0.347 e. The van der Waals surface area contributed by atoms with E-state index >= 15 is 0 Å². The highest BCUT2D eigenvalue weighted by molar-refractivity contribution is 5.81. The van der Waals surface area contributed by atoms with Gasteiger partial charge in [0.15, 0.2) is 0 Å². The Hall–Kier alpha value is -1.89. The standard InChI is InChI=1S/C12H22N6O/c1-6-18(7-10(19)17(4)5)12-8(2)11(16-13)14-9(3)15-12/h6-7,13H2,1-5H3,(H,14,15,16). The summed E-state index contributed by atoms with van der Waals surface area (Å²) < 4.78 is 0. The van der Waals surface area contributed by atoms with E-state index in [1.807, 2.05) is 18.7 Å². The van der Waals surface area contributed by atoms with E-state index in [1.165, 1.54) is 0 Å². The van der Waals surface area contributed by atoms with Crippen molar-refractivity contribution in [1.82, 2.24) is 14.9 Å². The molecule has 0 radical (unpaired) electrons. The highest BCUT2D eigenvalue weighted by Crippen LogP contribution is 2.22. The van der Waals surface area contributed by atoms with Gasteiger partial charge in [0.05, 0.1) is 6.54 Å². The van der Waals surface area contributed by atoms with Crippen molar-refractivity contribution in [1.29, 1.82) is 0 Å². The lowest BCUT2D eigenvalue weighted by Crippen LogP contribution is -2.37. The van der Waals surface area contributed by atoms with Gasteiger partial charge in [-0.15, -0.1) is 0 Å². The zero-order chi connectivity index (χ0) is 14.6. The second-order valence-electron chi connectivity index (χ2n) is 4.51. The van der Waals surface area contributed by atoms with Gasteiger partial charge in [-0.25, -0.2) is 15.8 Å². The van der Waals surface area contributed by atoms with Gasteiger partial charge in [0.2, 0.25) is 5.91 Å². The number of carbonyl (C=O) groups is 1. The van der Waals surface area contributed by atoms with Gasteiger partial charge >= 0.3 is 0 Å². The number of amides is 1. The molecule has 1 rings (SSSR count). The molecule has 0 unspecified atom stereocenters. The third-order valence-corrected chi connectivity index (χ3v) is 2.87. The number of aryl methyl sites for hydroxylation is 1. The van der Waals surface area contributed by atoms with Crippen molar-refractivity contribution in [3.63, 3.8) is 0 Å². The van der Waals surface area contributed by atoms with Gasteiger partial charge < -0.3 is 15.2 Å². The molecule has 1 heterocycles. The SMILES string of the molecule is CCN(CC(=O)N(C)C)c1nc(C)nc(NN)c1C. The molecule has 0 aromatic carbocycles. The first kappa shape index (κ1) is 15.2. The topological polar surface area (TPSA) is 87.4 Å². The molecule has 0 aliphatic rings. The molecular weight excluding hydrogens is 244 g/mol. The van der Waals surface area contributed by atoms with Crippen LogP contribution in [0.2, 0.25) is 0 Å². The summed E-state index contributed by atoms with van der Waals surface area (Å²) in [6, 6.07) is 0. The van der Waals surface area contributed by atoms with E-state index in [0.717, 1.165) is 11.4 Å².